The van der Waals surface area contributed by atoms with Crippen LogP contribution in [0.3, 0.4) is 0 Å². The van der Waals surface area contributed by atoms with Crippen molar-refractivity contribution < 1.29 is 19.7 Å². The van der Waals surface area contributed by atoms with Crippen LogP contribution in [0.5, 0.6) is 0 Å². The van der Waals surface area contributed by atoms with E-state index in [1.54, 1.807) is 0 Å². The van der Waals surface area contributed by atoms with Crippen molar-refractivity contribution in [2.24, 2.45) is 0 Å². The van der Waals surface area contributed by atoms with Crippen LogP contribution in [-0.2, 0) is 9.53 Å². The minimum absolute atomic E-state index is 0.212. The molecule has 0 radical (unpaired) electrons. The topological polar surface area (TPSA) is 66.8 Å². The average molecular weight is 190 g/mol. The molecule has 1 saturated heterocycles. The molecule has 4 nitrogen and oxygen atoms in total. The van der Waals surface area contributed by atoms with Gasteiger partial charge in [0.25, 0.3) is 0 Å². The van der Waals surface area contributed by atoms with Gasteiger partial charge in [0.05, 0.1) is 18.0 Å². The molecule has 1 aliphatic heterocycles. The monoisotopic (exact) mass is 190 g/mol. The van der Waals surface area contributed by atoms with E-state index in [0.717, 1.165) is 6.08 Å². The van der Waals surface area contributed by atoms with E-state index in [9.17, 15) is 15.0 Å². The lowest BCUT2D eigenvalue weighted by Crippen LogP contribution is -2.50. The fourth-order valence-electron chi connectivity index (χ4n) is 1.04. The second-order valence-corrected chi connectivity index (χ2v) is 3.29. The molecular formula is C7H10O4S. The van der Waals surface area contributed by atoms with E-state index in [4.69, 9.17) is 4.74 Å². The average Bonchev–Trinajstić information content (AvgIpc) is 2.07. The number of thiol groups is 1. The largest absolute Gasteiger partial charge is 0.389 e. The van der Waals surface area contributed by atoms with E-state index in [-0.39, 0.29) is 6.61 Å². The van der Waals surface area contributed by atoms with Gasteiger partial charge >= 0.3 is 0 Å². The van der Waals surface area contributed by atoms with E-state index in [0.29, 0.717) is 0 Å². The Bertz CT molecular complexity index is 202. The predicted octanol–water partition coefficient (Wildman–Crippen LogP) is -1.21. The third kappa shape index (κ3) is 1.88. The third-order valence-electron chi connectivity index (χ3n) is 1.77. The summed E-state index contributed by atoms with van der Waals surface area (Å²) in [5.41, 5.74) is 0. The molecular weight excluding hydrogens is 180 g/mol. The van der Waals surface area contributed by atoms with Crippen molar-refractivity contribution in [3.8, 4) is 0 Å². The van der Waals surface area contributed by atoms with Crippen molar-refractivity contribution in [2.45, 2.75) is 23.6 Å². The predicted molar refractivity (Wildman–Crippen MR) is 44.8 cm³/mol. The zero-order chi connectivity index (χ0) is 9.14. The summed E-state index contributed by atoms with van der Waals surface area (Å²) in [6.45, 7) is 0.212. The summed E-state index contributed by atoms with van der Waals surface area (Å²) in [5, 5.41) is 18.2. The van der Waals surface area contributed by atoms with Crippen LogP contribution in [-0.4, -0.2) is 46.3 Å². The van der Waals surface area contributed by atoms with Gasteiger partial charge < -0.3 is 14.9 Å². The summed E-state index contributed by atoms with van der Waals surface area (Å²) < 4.78 is 5.01. The number of rotatable bonds is 1. The molecule has 0 aliphatic carbocycles. The lowest BCUT2D eigenvalue weighted by Gasteiger charge is -2.33. The molecule has 5 heteroatoms. The second kappa shape index (κ2) is 4.07. The van der Waals surface area contributed by atoms with Crippen molar-refractivity contribution in [1.29, 1.82) is 0 Å². The summed E-state index contributed by atoms with van der Waals surface area (Å²) in [4.78, 5) is 9.93. The van der Waals surface area contributed by atoms with Crippen LogP contribution in [0.25, 0.3) is 0 Å². The highest BCUT2D eigenvalue weighted by atomic mass is 32.1. The van der Waals surface area contributed by atoms with E-state index in [1.165, 1.54) is 5.94 Å². The summed E-state index contributed by atoms with van der Waals surface area (Å²) in [7, 11) is 0. The highest BCUT2D eigenvalue weighted by Crippen LogP contribution is 2.19. The summed E-state index contributed by atoms with van der Waals surface area (Å²) in [6, 6.07) is 0. The highest BCUT2D eigenvalue weighted by molar-refractivity contribution is 7.81. The van der Waals surface area contributed by atoms with Crippen molar-refractivity contribution in [1.82, 2.24) is 0 Å². The minimum atomic E-state index is -1.09. The first-order valence-electron chi connectivity index (χ1n) is 3.53. The SMILES string of the molecule is O=C=C[C@H]1OC[C@H](S)[C@@H](O)[C@@H]1O. The van der Waals surface area contributed by atoms with E-state index in [1.807, 2.05) is 0 Å². The van der Waals surface area contributed by atoms with Gasteiger partial charge in [-0.15, -0.1) is 0 Å². The molecule has 0 unspecified atom stereocenters. The van der Waals surface area contributed by atoms with Gasteiger partial charge in [0.1, 0.15) is 18.1 Å². The molecule has 2 N–H and O–H groups in total. The second-order valence-electron chi connectivity index (χ2n) is 2.63. The molecule has 0 bridgehead atoms. The first-order chi connectivity index (χ1) is 5.66. The molecule has 4 atom stereocenters. The Labute approximate surface area is 75.3 Å². The van der Waals surface area contributed by atoms with E-state index < -0.39 is 23.6 Å². The zero-order valence-corrected chi connectivity index (χ0v) is 7.15. The van der Waals surface area contributed by atoms with Gasteiger partial charge in [0.2, 0.25) is 0 Å². The quantitative estimate of drug-likeness (QED) is 0.359. The maximum absolute atomic E-state index is 9.93. The molecule has 12 heavy (non-hydrogen) atoms. The molecule has 0 spiro atoms. The van der Waals surface area contributed by atoms with Gasteiger partial charge in [0.15, 0.2) is 0 Å². The minimum Gasteiger partial charge on any atom is -0.389 e. The molecule has 0 amide bonds. The maximum atomic E-state index is 9.93. The van der Waals surface area contributed by atoms with Crippen molar-refractivity contribution in [3.63, 3.8) is 0 Å². The molecule has 1 fully saturated rings. The smallest absolute Gasteiger partial charge is 0.122 e. The number of carbonyl (C=O) groups excluding carboxylic acids is 1. The molecule has 0 aromatic heterocycles. The maximum Gasteiger partial charge on any atom is 0.122 e. The Hall–Kier alpha value is -0.320. The van der Waals surface area contributed by atoms with Gasteiger partial charge in [-0.25, -0.2) is 4.79 Å². The van der Waals surface area contributed by atoms with Crippen LogP contribution in [0.1, 0.15) is 0 Å². The summed E-state index contributed by atoms with van der Waals surface area (Å²) in [5.74, 6) is 1.51. The van der Waals surface area contributed by atoms with E-state index in [2.05, 4.69) is 12.6 Å². The Kier molecular flexibility index (Phi) is 3.31. The van der Waals surface area contributed by atoms with Gasteiger partial charge in [-0.05, 0) is 0 Å². The van der Waals surface area contributed by atoms with Crippen LogP contribution >= 0.6 is 12.6 Å². The molecule has 1 heterocycles. The number of ether oxygens (including phenoxy) is 1. The fraction of sp³-hybridized carbons (Fsp3) is 0.714. The summed E-state index contributed by atoms with van der Waals surface area (Å²) >= 11 is 3.98. The summed E-state index contributed by atoms with van der Waals surface area (Å²) in [6.07, 6.45) is -1.77. The highest BCUT2D eigenvalue weighted by Gasteiger charge is 2.35. The standard InChI is InChI=1S/C7H10O4S/c8-2-1-4-6(9)7(10)5(12)3-11-4/h1,4-7,9-10,12H,3H2/t4-,5+,6-,7-/m1/s1. The Morgan fingerprint density at radius 1 is 1.50 bits per heavy atom. The zero-order valence-electron chi connectivity index (χ0n) is 6.25. The third-order valence-corrected chi connectivity index (χ3v) is 2.23. The fourth-order valence-corrected chi connectivity index (χ4v) is 1.31. The van der Waals surface area contributed by atoms with Gasteiger partial charge in [-0.2, -0.15) is 12.6 Å². The lowest BCUT2D eigenvalue weighted by atomic mass is 10.0. The molecule has 1 rings (SSSR count). The van der Waals surface area contributed by atoms with Gasteiger partial charge in [-0.3, -0.25) is 0 Å². The molecule has 68 valence electrons. The van der Waals surface area contributed by atoms with Gasteiger partial charge in [-0.1, -0.05) is 0 Å². The van der Waals surface area contributed by atoms with E-state index >= 15 is 0 Å². The van der Waals surface area contributed by atoms with Gasteiger partial charge in [0, 0.05) is 6.08 Å². The van der Waals surface area contributed by atoms with Crippen LogP contribution in [0.4, 0.5) is 0 Å². The molecule has 1 aliphatic rings. The van der Waals surface area contributed by atoms with Crippen LogP contribution in [0.2, 0.25) is 0 Å². The first kappa shape index (κ1) is 9.77. The first-order valence-corrected chi connectivity index (χ1v) is 4.05. The Balaban J connectivity index is 2.64. The van der Waals surface area contributed by atoms with Crippen LogP contribution in [0, 0.1) is 0 Å². The number of aliphatic hydroxyl groups is 2. The van der Waals surface area contributed by atoms with Crippen molar-refractivity contribution in [3.05, 3.63) is 6.08 Å². The van der Waals surface area contributed by atoms with Crippen LogP contribution < -0.4 is 0 Å². The number of hydrogen-bond acceptors (Lipinski definition) is 5. The molecule has 0 saturated carbocycles. The Morgan fingerprint density at radius 3 is 2.75 bits per heavy atom. The normalized spacial score (nSPS) is 41.9. The van der Waals surface area contributed by atoms with Crippen molar-refractivity contribution >= 4 is 18.6 Å². The number of hydrogen-bond donors (Lipinski definition) is 3. The molecule has 0 aromatic carbocycles. The Morgan fingerprint density at radius 2 is 2.17 bits per heavy atom. The van der Waals surface area contributed by atoms with Crippen molar-refractivity contribution in [2.75, 3.05) is 6.61 Å². The van der Waals surface area contributed by atoms with Crippen LogP contribution in [0.15, 0.2) is 6.08 Å². The molecule has 0 aromatic rings. The lowest BCUT2D eigenvalue weighted by molar-refractivity contribution is -0.111. The number of aliphatic hydroxyl groups excluding tert-OH is 2.